The lowest BCUT2D eigenvalue weighted by Gasteiger charge is -2.31. The summed E-state index contributed by atoms with van der Waals surface area (Å²) in [7, 11) is 2.60. The van der Waals surface area contributed by atoms with Gasteiger partial charge in [-0.1, -0.05) is 15.9 Å². The molecule has 0 aromatic carbocycles. The van der Waals surface area contributed by atoms with Crippen LogP contribution in [0, 0.1) is 0 Å². The Morgan fingerprint density at radius 3 is 1.19 bits per heavy atom. The highest BCUT2D eigenvalue weighted by atomic mass is 79.9. The Morgan fingerprint density at radius 1 is 0.654 bits per heavy atom. The van der Waals surface area contributed by atoms with E-state index in [-0.39, 0.29) is 17.1 Å². The van der Waals surface area contributed by atoms with Crippen molar-refractivity contribution in [3.63, 3.8) is 0 Å². The average molecular weight is 873 g/mol. The number of alkyl carbamates (subject to hydrolysis) is 2. The van der Waals surface area contributed by atoms with E-state index in [1.807, 2.05) is 0 Å². The number of ether oxygens (including phenoxy) is 4. The number of carboxylic acid groups (broad SMARTS) is 3. The topological polar surface area (TPSA) is 267 Å². The van der Waals surface area contributed by atoms with Crippen LogP contribution in [0.3, 0.4) is 0 Å². The number of hydrogen-bond acceptors (Lipinski definition) is 15. The van der Waals surface area contributed by atoms with Gasteiger partial charge in [0, 0.05) is 14.2 Å². The van der Waals surface area contributed by atoms with E-state index in [4.69, 9.17) is 25.4 Å². The van der Waals surface area contributed by atoms with Crippen LogP contribution in [0.4, 0.5) is 9.59 Å². The molecule has 52 heavy (non-hydrogen) atoms. The molecule has 0 unspecified atom stereocenters. The minimum absolute atomic E-state index is 0.0106. The van der Waals surface area contributed by atoms with Crippen molar-refractivity contribution in [2.45, 2.75) is 127 Å². The second kappa shape index (κ2) is 24.6. The smallest absolute Gasteiger partial charge is 0.408 e. The van der Waals surface area contributed by atoms with Crippen molar-refractivity contribution in [2.24, 2.45) is 5.73 Å². The van der Waals surface area contributed by atoms with E-state index < -0.39 is 79.6 Å². The number of thioether (sulfide) groups is 1. The van der Waals surface area contributed by atoms with E-state index in [9.17, 15) is 38.7 Å². The number of aliphatic carboxylic acids is 3. The summed E-state index contributed by atoms with van der Waals surface area (Å²) in [6, 6.07) is -3.21. The fraction of sp³-hybridized carbons (Fsp3) is 0.774. The molecular formula is C31H58BrN3O14S3. The van der Waals surface area contributed by atoms with Gasteiger partial charge in [-0.3, -0.25) is 14.4 Å². The predicted octanol–water partition coefficient (Wildman–Crippen LogP) is 3.98. The lowest BCUT2D eigenvalue weighted by Crippen LogP contribution is -2.53. The number of alkyl halides is 1. The normalized spacial score (nSPS) is 13.2. The SMILES string of the molecule is CC(C)(C)OC(=O)N[C@H](C(=O)O)C(C)(C)S.CC(C)(S)[C@H](N)C(=O)O.COC(=O)CBr.COC(=O)CSC(C)(C)[C@H](NC(=O)OC(C)(C)C)C(=O)O. The maximum absolute atomic E-state index is 11.7. The number of thiol groups is 2. The Balaban J connectivity index is -0.000000326. The molecule has 7 N–H and O–H groups in total. The number of carbonyl (C=O) groups is 7. The highest BCUT2D eigenvalue weighted by molar-refractivity contribution is 9.09. The van der Waals surface area contributed by atoms with Gasteiger partial charge in [-0.05, 0) is 83.1 Å². The molecule has 2 amide bonds. The molecule has 0 aliphatic heterocycles. The molecule has 0 aliphatic rings. The number of amides is 2. The standard InChI is InChI=1S/C13H23NO6S.C10H19NO4S.C5H11NO2S.C3H5BrO2/c1-12(2,3)20-11(18)14-9(10(16)17)13(4,5)21-7-8(15)19-6;1-9(2,3)15-8(14)11-6(7(12)13)10(4,5)16;1-5(2,9)3(6)4(7)8;1-6-3(5)2-4/h9H,7H2,1-6H3,(H,14,18)(H,16,17);6,16H,1-5H3,(H,11,14)(H,12,13);3,9H,6H2,1-2H3,(H,7,8);2H2,1H3/t9-;6-;3-;/m111./s1. The molecular weight excluding hydrogens is 814 g/mol. The zero-order valence-electron chi connectivity index (χ0n) is 32.2. The molecule has 0 aliphatic carbocycles. The summed E-state index contributed by atoms with van der Waals surface area (Å²) in [4.78, 5) is 76.6. The van der Waals surface area contributed by atoms with Crippen LogP contribution in [0.5, 0.6) is 0 Å². The van der Waals surface area contributed by atoms with E-state index in [0.717, 1.165) is 11.8 Å². The van der Waals surface area contributed by atoms with Gasteiger partial charge in [0.15, 0.2) is 0 Å². The minimum Gasteiger partial charge on any atom is -0.480 e. The monoisotopic (exact) mass is 871 g/mol. The zero-order valence-corrected chi connectivity index (χ0v) is 36.4. The summed E-state index contributed by atoms with van der Waals surface area (Å²) in [5.74, 6) is -4.09. The third-order valence-corrected chi connectivity index (χ3v) is 7.73. The van der Waals surface area contributed by atoms with Crippen LogP contribution in [-0.4, -0.2) is 126 Å². The fourth-order valence-corrected chi connectivity index (χ4v) is 4.12. The summed E-state index contributed by atoms with van der Waals surface area (Å²) >= 11 is 12.1. The van der Waals surface area contributed by atoms with E-state index in [1.165, 1.54) is 14.2 Å². The van der Waals surface area contributed by atoms with Crippen molar-refractivity contribution >= 4 is 95.0 Å². The number of carbonyl (C=O) groups excluding carboxylic acids is 4. The first kappa shape index (κ1) is 56.1. The second-order valence-corrected chi connectivity index (χ2v) is 18.6. The fourth-order valence-electron chi connectivity index (χ4n) is 2.67. The minimum atomic E-state index is -1.21. The molecule has 0 aromatic heterocycles. The molecule has 0 radical (unpaired) electrons. The van der Waals surface area contributed by atoms with Crippen LogP contribution in [-0.2, 0) is 42.9 Å². The van der Waals surface area contributed by atoms with Crippen molar-refractivity contribution in [3.8, 4) is 0 Å². The van der Waals surface area contributed by atoms with Gasteiger partial charge in [0.05, 0.1) is 20.0 Å². The van der Waals surface area contributed by atoms with Crippen molar-refractivity contribution in [1.29, 1.82) is 0 Å². The summed E-state index contributed by atoms with van der Waals surface area (Å²) < 4.78 is 16.3. The summed E-state index contributed by atoms with van der Waals surface area (Å²) in [6.45, 7) is 19.9. The van der Waals surface area contributed by atoms with Gasteiger partial charge in [-0.2, -0.15) is 25.3 Å². The molecule has 0 heterocycles. The van der Waals surface area contributed by atoms with E-state index >= 15 is 0 Å². The van der Waals surface area contributed by atoms with Gasteiger partial charge in [-0.25, -0.2) is 19.2 Å². The maximum Gasteiger partial charge on any atom is 0.408 e. The van der Waals surface area contributed by atoms with Crippen LogP contribution in [0.1, 0.15) is 83.1 Å². The van der Waals surface area contributed by atoms with Crippen molar-refractivity contribution in [3.05, 3.63) is 0 Å². The van der Waals surface area contributed by atoms with Crippen molar-refractivity contribution in [1.82, 2.24) is 10.6 Å². The molecule has 17 nitrogen and oxygen atoms in total. The third-order valence-electron chi connectivity index (χ3n) is 5.37. The molecule has 0 aromatic rings. The molecule has 3 atom stereocenters. The van der Waals surface area contributed by atoms with E-state index in [1.54, 1.807) is 83.1 Å². The number of nitrogens with two attached hydrogens (primary N) is 1. The first-order valence-electron chi connectivity index (χ1n) is 15.2. The number of carboxylic acids is 3. The van der Waals surface area contributed by atoms with Crippen molar-refractivity contribution in [2.75, 3.05) is 25.3 Å². The molecule has 0 spiro atoms. The lowest BCUT2D eigenvalue weighted by molar-refractivity contribution is -0.141. The Morgan fingerprint density at radius 2 is 1.00 bits per heavy atom. The van der Waals surface area contributed by atoms with Crippen LogP contribution in [0.2, 0.25) is 0 Å². The average Bonchev–Trinajstić information content (AvgIpc) is 2.94. The summed E-state index contributed by atoms with van der Waals surface area (Å²) in [5.41, 5.74) is 3.83. The van der Waals surface area contributed by atoms with Gasteiger partial charge in [0.2, 0.25) is 0 Å². The zero-order chi connectivity index (χ0) is 42.6. The molecule has 0 saturated heterocycles. The van der Waals surface area contributed by atoms with Gasteiger partial charge < -0.3 is 50.6 Å². The molecule has 21 heteroatoms. The molecule has 306 valence electrons. The second-order valence-electron chi connectivity index (χ2n) is 14.1. The number of esters is 2. The van der Waals surface area contributed by atoms with Gasteiger partial charge in [0.25, 0.3) is 0 Å². The van der Waals surface area contributed by atoms with Gasteiger partial charge in [0.1, 0.15) is 34.7 Å². The van der Waals surface area contributed by atoms with E-state index in [2.05, 4.69) is 61.3 Å². The Labute approximate surface area is 329 Å². The Hall–Kier alpha value is -2.62. The molecule has 0 fully saturated rings. The van der Waals surface area contributed by atoms with Crippen LogP contribution in [0.25, 0.3) is 0 Å². The van der Waals surface area contributed by atoms with Gasteiger partial charge in [-0.15, -0.1) is 11.8 Å². The number of methoxy groups -OCH3 is 2. The first-order valence-corrected chi connectivity index (χ1v) is 18.2. The van der Waals surface area contributed by atoms with Crippen LogP contribution >= 0.6 is 52.9 Å². The third kappa shape index (κ3) is 31.0. The Kier molecular flexibility index (Phi) is 26.6. The van der Waals surface area contributed by atoms with Crippen LogP contribution < -0.4 is 16.4 Å². The lowest BCUT2D eigenvalue weighted by atomic mass is 10.0. The summed E-state index contributed by atoms with van der Waals surface area (Å²) in [5, 5.41) is 31.4. The summed E-state index contributed by atoms with van der Waals surface area (Å²) in [6.07, 6.45) is -1.58. The highest BCUT2D eigenvalue weighted by Gasteiger charge is 2.39. The van der Waals surface area contributed by atoms with Crippen LogP contribution in [0.15, 0.2) is 0 Å². The first-order chi connectivity index (χ1) is 23.0. The molecule has 0 bridgehead atoms. The number of hydrogen-bond donors (Lipinski definition) is 8. The van der Waals surface area contributed by atoms with Gasteiger partial charge >= 0.3 is 42.0 Å². The van der Waals surface area contributed by atoms with Crippen molar-refractivity contribution < 1.29 is 67.8 Å². The molecule has 0 saturated carbocycles. The van der Waals surface area contributed by atoms with E-state index in [0.29, 0.717) is 0 Å². The molecule has 0 rings (SSSR count). The Bertz CT molecular complexity index is 1170. The number of halogens is 1. The largest absolute Gasteiger partial charge is 0.480 e. The maximum atomic E-state index is 11.7. The predicted molar refractivity (Wildman–Crippen MR) is 208 cm³/mol. The quantitative estimate of drug-likeness (QED) is 0.0597. The highest BCUT2D eigenvalue weighted by Crippen LogP contribution is 2.29. The number of nitrogens with one attached hydrogen (secondary N) is 2. The number of rotatable bonds is 12.